The number of rotatable bonds is 13. The first-order valence-corrected chi connectivity index (χ1v) is 9.51. The molecule has 0 N–H and O–H groups in total. The van der Waals surface area contributed by atoms with Gasteiger partial charge < -0.3 is 0 Å². The molecule has 0 heterocycles. The van der Waals surface area contributed by atoms with Crippen molar-refractivity contribution in [2.75, 3.05) is 0 Å². The Morgan fingerprint density at radius 3 is 1.30 bits per heavy atom. The summed E-state index contributed by atoms with van der Waals surface area (Å²) in [6.45, 7) is 14.3. The second kappa shape index (κ2) is 10.7. The fourth-order valence-electron chi connectivity index (χ4n) is 4.00. The van der Waals surface area contributed by atoms with E-state index in [2.05, 4.69) is 41.5 Å². The van der Waals surface area contributed by atoms with Crippen molar-refractivity contribution in [3.8, 4) is 0 Å². The predicted molar refractivity (Wildman–Crippen MR) is 94.3 cm³/mol. The molecule has 0 aromatic heterocycles. The highest BCUT2D eigenvalue weighted by molar-refractivity contribution is 4.79. The SMILES string of the molecule is CCCC(CCC)(CCC)CCCCC(C)(CC)CC. The topological polar surface area (TPSA) is 0 Å². The van der Waals surface area contributed by atoms with Crippen LogP contribution < -0.4 is 0 Å². The molecule has 0 unspecified atom stereocenters. The van der Waals surface area contributed by atoms with E-state index in [1.807, 2.05) is 0 Å². The van der Waals surface area contributed by atoms with Crippen molar-refractivity contribution in [1.29, 1.82) is 0 Å². The van der Waals surface area contributed by atoms with Gasteiger partial charge in [-0.2, -0.15) is 0 Å². The molecule has 0 heteroatoms. The van der Waals surface area contributed by atoms with Gasteiger partial charge in [-0.15, -0.1) is 0 Å². The van der Waals surface area contributed by atoms with Gasteiger partial charge in [-0.05, 0) is 42.9 Å². The highest BCUT2D eigenvalue weighted by Crippen LogP contribution is 2.41. The largest absolute Gasteiger partial charge is 0.0654 e. The number of hydrogen-bond donors (Lipinski definition) is 0. The van der Waals surface area contributed by atoms with E-state index in [1.165, 1.54) is 77.0 Å². The zero-order chi connectivity index (χ0) is 15.5. The maximum absolute atomic E-state index is 2.48. The average Bonchev–Trinajstić information content (AvgIpc) is 2.44. The summed E-state index contributed by atoms with van der Waals surface area (Å²) in [6.07, 6.45) is 16.9. The van der Waals surface area contributed by atoms with Gasteiger partial charge in [-0.3, -0.25) is 0 Å². The molecule has 0 aliphatic rings. The third-order valence-electron chi connectivity index (χ3n) is 5.79. The van der Waals surface area contributed by atoms with Crippen LogP contribution in [0.4, 0.5) is 0 Å². The van der Waals surface area contributed by atoms with Gasteiger partial charge in [-0.1, -0.05) is 86.5 Å². The summed E-state index contributed by atoms with van der Waals surface area (Å²) in [6, 6.07) is 0. The molecule has 0 nitrogen and oxygen atoms in total. The molecule has 0 aromatic carbocycles. The van der Waals surface area contributed by atoms with Gasteiger partial charge >= 0.3 is 0 Å². The Bertz CT molecular complexity index is 195. The summed E-state index contributed by atoms with van der Waals surface area (Å²) in [4.78, 5) is 0. The van der Waals surface area contributed by atoms with E-state index in [0.717, 1.165) is 0 Å². The first-order valence-electron chi connectivity index (χ1n) is 9.51. The summed E-state index contributed by atoms with van der Waals surface area (Å²) in [5, 5.41) is 0. The average molecular weight is 283 g/mol. The van der Waals surface area contributed by atoms with Gasteiger partial charge in [0.15, 0.2) is 0 Å². The van der Waals surface area contributed by atoms with Crippen LogP contribution in [0.3, 0.4) is 0 Å². The Morgan fingerprint density at radius 1 is 0.550 bits per heavy atom. The summed E-state index contributed by atoms with van der Waals surface area (Å²) in [5.41, 5.74) is 1.27. The third-order valence-corrected chi connectivity index (χ3v) is 5.79. The van der Waals surface area contributed by atoms with E-state index in [1.54, 1.807) is 0 Å². The van der Waals surface area contributed by atoms with E-state index in [0.29, 0.717) is 10.8 Å². The van der Waals surface area contributed by atoms with Crippen LogP contribution in [-0.2, 0) is 0 Å². The second-order valence-corrected chi connectivity index (χ2v) is 7.47. The highest BCUT2D eigenvalue weighted by atomic mass is 14.3. The van der Waals surface area contributed by atoms with E-state index in [4.69, 9.17) is 0 Å². The molecule has 0 spiro atoms. The van der Waals surface area contributed by atoms with Crippen LogP contribution in [0.1, 0.15) is 119 Å². The van der Waals surface area contributed by atoms with Gasteiger partial charge in [-0.25, -0.2) is 0 Å². The lowest BCUT2D eigenvalue weighted by Gasteiger charge is -2.34. The van der Waals surface area contributed by atoms with Crippen LogP contribution in [0.2, 0.25) is 0 Å². The molecular weight excluding hydrogens is 240 g/mol. The first kappa shape index (κ1) is 20.0. The number of unbranched alkanes of at least 4 members (excludes halogenated alkanes) is 1. The monoisotopic (exact) mass is 282 g/mol. The van der Waals surface area contributed by atoms with E-state index in [-0.39, 0.29) is 0 Å². The Labute approximate surface area is 130 Å². The summed E-state index contributed by atoms with van der Waals surface area (Å²) in [5.74, 6) is 0. The molecule has 0 aliphatic heterocycles. The molecule has 122 valence electrons. The molecule has 0 saturated heterocycles. The molecule has 0 bridgehead atoms. The lowest BCUT2D eigenvalue weighted by Crippen LogP contribution is -2.21. The summed E-state index contributed by atoms with van der Waals surface area (Å²) < 4.78 is 0. The molecule has 0 aliphatic carbocycles. The van der Waals surface area contributed by atoms with Crippen LogP contribution in [0.5, 0.6) is 0 Å². The van der Waals surface area contributed by atoms with Crippen molar-refractivity contribution in [1.82, 2.24) is 0 Å². The molecular formula is C20H42. The van der Waals surface area contributed by atoms with Gasteiger partial charge in [0.2, 0.25) is 0 Å². The summed E-state index contributed by atoms with van der Waals surface area (Å²) >= 11 is 0. The van der Waals surface area contributed by atoms with E-state index in [9.17, 15) is 0 Å². The van der Waals surface area contributed by atoms with Gasteiger partial charge in [0, 0.05) is 0 Å². The fraction of sp³-hybridized carbons (Fsp3) is 1.00. The molecule has 0 saturated carbocycles. The van der Waals surface area contributed by atoms with Crippen molar-refractivity contribution >= 4 is 0 Å². The van der Waals surface area contributed by atoms with Crippen molar-refractivity contribution < 1.29 is 0 Å². The second-order valence-electron chi connectivity index (χ2n) is 7.47. The standard InChI is InChI=1S/C20H42/c1-7-14-20(15-8-2,16-9-3)18-13-12-17-19(6,10-4)11-5/h7-18H2,1-6H3. The Morgan fingerprint density at radius 2 is 0.950 bits per heavy atom. The zero-order valence-corrected chi connectivity index (χ0v) is 15.5. The Hall–Kier alpha value is 0. The normalized spacial score (nSPS) is 12.9. The van der Waals surface area contributed by atoms with Crippen molar-refractivity contribution in [3.05, 3.63) is 0 Å². The fourth-order valence-corrected chi connectivity index (χ4v) is 4.00. The molecule has 0 radical (unpaired) electrons. The smallest absolute Gasteiger partial charge is 0.0298 e. The number of hydrogen-bond acceptors (Lipinski definition) is 0. The quantitative estimate of drug-likeness (QED) is 0.303. The van der Waals surface area contributed by atoms with Gasteiger partial charge in [0.05, 0.1) is 0 Å². The molecule has 20 heavy (non-hydrogen) atoms. The maximum atomic E-state index is 2.48. The molecule has 0 rings (SSSR count). The lowest BCUT2D eigenvalue weighted by atomic mass is 9.71. The van der Waals surface area contributed by atoms with Crippen LogP contribution in [-0.4, -0.2) is 0 Å². The Balaban J connectivity index is 4.31. The minimum absolute atomic E-state index is 0.600. The molecule has 0 aromatic rings. The van der Waals surface area contributed by atoms with E-state index >= 15 is 0 Å². The van der Waals surface area contributed by atoms with Crippen LogP contribution in [0.25, 0.3) is 0 Å². The van der Waals surface area contributed by atoms with Crippen molar-refractivity contribution in [2.24, 2.45) is 10.8 Å². The van der Waals surface area contributed by atoms with E-state index < -0.39 is 0 Å². The minimum Gasteiger partial charge on any atom is -0.0654 e. The lowest BCUT2D eigenvalue weighted by molar-refractivity contribution is 0.178. The molecule has 0 amide bonds. The molecule has 0 fully saturated rings. The Kier molecular flexibility index (Phi) is 10.7. The third kappa shape index (κ3) is 7.14. The molecule has 0 atom stereocenters. The van der Waals surface area contributed by atoms with Crippen molar-refractivity contribution in [3.63, 3.8) is 0 Å². The van der Waals surface area contributed by atoms with Gasteiger partial charge in [0.1, 0.15) is 0 Å². The summed E-state index contributed by atoms with van der Waals surface area (Å²) in [7, 11) is 0. The predicted octanol–water partition coefficient (Wildman–Crippen LogP) is 7.76. The maximum Gasteiger partial charge on any atom is -0.0298 e. The first-order chi connectivity index (χ1) is 9.51. The zero-order valence-electron chi connectivity index (χ0n) is 15.5. The van der Waals surface area contributed by atoms with Crippen LogP contribution in [0, 0.1) is 10.8 Å². The van der Waals surface area contributed by atoms with Crippen LogP contribution >= 0.6 is 0 Å². The minimum atomic E-state index is 0.600. The highest BCUT2D eigenvalue weighted by Gasteiger charge is 2.27. The van der Waals surface area contributed by atoms with Crippen molar-refractivity contribution in [2.45, 2.75) is 119 Å². The van der Waals surface area contributed by atoms with Gasteiger partial charge in [0.25, 0.3) is 0 Å². The van der Waals surface area contributed by atoms with Crippen LogP contribution in [0.15, 0.2) is 0 Å².